The van der Waals surface area contributed by atoms with Crippen molar-refractivity contribution in [3.05, 3.63) is 22.8 Å². The molecule has 0 aliphatic heterocycles. The van der Waals surface area contributed by atoms with Gasteiger partial charge in [0.1, 0.15) is 0 Å². The summed E-state index contributed by atoms with van der Waals surface area (Å²) in [5.74, 6) is 0.180. The number of esters is 1. The van der Waals surface area contributed by atoms with E-state index in [4.69, 9.17) is 16.3 Å². The van der Waals surface area contributed by atoms with E-state index in [1.54, 1.807) is 0 Å². The lowest BCUT2D eigenvalue weighted by Crippen LogP contribution is -2.67. The van der Waals surface area contributed by atoms with E-state index in [0.29, 0.717) is 5.92 Å². The summed E-state index contributed by atoms with van der Waals surface area (Å²) < 4.78 is 5.29. The highest BCUT2D eigenvalue weighted by Crippen LogP contribution is 2.74. The van der Waals surface area contributed by atoms with Gasteiger partial charge in [-0.25, -0.2) is 0 Å². The Hall–Kier alpha value is -1.42. The first-order chi connectivity index (χ1) is 15.0. The summed E-state index contributed by atoms with van der Waals surface area (Å²) >= 11 is 6.33. The smallest absolute Gasteiger partial charge is 0.311 e. The van der Waals surface area contributed by atoms with Crippen molar-refractivity contribution < 1.29 is 19.1 Å². The number of fused-ring (bicyclic) bond motifs is 1. The predicted octanol–water partition coefficient (Wildman–Crippen LogP) is 5.49. The number of allylic oxidation sites excluding steroid dienone is 4. The number of carbonyl (C=O) groups excluding carboxylic acids is 3. The molecule has 8 atom stereocenters. The lowest BCUT2D eigenvalue weighted by Gasteiger charge is -2.69. The van der Waals surface area contributed by atoms with Gasteiger partial charge in [-0.15, -0.1) is 0 Å². The van der Waals surface area contributed by atoms with Crippen LogP contribution in [0.3, 0.4) is 0 Å². The van der Waals surface area contributed by atoms with Gasteiger partial charge < -0.3 is 4.74 Å². The SMILES string of the molecule is COC(=O)[C@]1(C)CCC[C@@]2(C)[C@@H]3C[C@@H]4C(C(C)C)=C[C@@]3(CC[C@@H]21)[C@H]1C(=O)C(Cl)=CC(=O)[C@H]41. The van der Waals surface area contributed by atoms with Gasteiger partial charge in [0, 0.05) is 23.3 Å². The van der Waals surface area contributed by atoms with E-state index in [0.717, 1.165) is 38.5 Å². The molecule has 32 heavy (non-hydrogen) atoms. The highest BCUT2D eigenvalue weighted by molar-refractivity contribution is 6.45. The fourth-order valence-electron chi connectivity index (χ4n) is 9.29. The van der Waals surface area contributed by atoms with Crippen LogP contribution in [0.1, 0.15) is 66.2 Å². The number of methoxy groups -OCH3 is 1. The molecule has 0 aromatic heterocycles. The highest BCUT2D eigenvalue weighted by atomic mass is 35.5. The Kier molecular flexibility index (Phi) is 4.92. The van der Waals surface area contributed by atoms with Crippen LogP contribution in [0.15, 0.2) is 22.8 Å². The average molecular weight is 459 g/mol. The second-order valence-electron chi connectivity index (χ2n) is 11.9. The van der Waals surface area contributed by atoms with Crippen molar-refractivity contribution in [3.8, 4) is 0 Å². The third kappa shape index (κ3) is 2.59. The Labute approximate surface area is 196 Å². The van der Waals surface area contributed by atoms with Gasteiger partial charge in [0.15, 0.2) is 11.6 Å². The van der Waals surface area contributed by atoms with Crippen LogP contribution in [0.4, 0.5) is 0 Å². The zero-order chi connectivity index (χ0) is 23.2. The van der Waals surface area contributed by atoms with Crippen molar-refractivity contribution in [1.82, 2.24) is 0 Å². The summed E-state index contributed by atoms with van der Waals surface area (Å²) in [6.07, 6.45) is 9.33. The van der Waals surface area contributed by atoms with E-state index in [1.807, 2.05) is 0 Å². The molecule has 6 aliphatic carbocycles. The minimum Gasteiger partial charge on any atom is -0.469 e. The van der Waals surface area contributed by atoms with E-state index < -0.39 is 5.41 Å². The van der Waals surface area contributed by atoms with Crippen LogP contribution >= 0.6 is 11.6 Å². The van der Waals surface area contributed by atoms with Gasteiger partial charge in [0.05, 0.1) is 17.6 Å². The Morgan fingerprint density at radius 1 is 1.16 bits per heavy atom. The largest absolute Gasteiger partial charge is 0.469 e. The Balaban J connectivity index is 1.67. The van der Waals surface area contributed by atoms with E-state index in [1.165, 1.54) is 18.8 Å². The molecule has 0 radical (unpaired) electrons. The zero-order valence-electron chi connectivity index (χ0n) is 19.9. The lowest BCUT2D eigenvalue weighted by molar-refractivity contribution is -0.199. The molecule has 0 aromatic carbocycles. The fraction of sp³-hybridized carbons (Fsp3) is 0.741. The molecule has 6 rings (SSSR count). The summed E-state index contributed by atoms with van der Waals surface area (Å²) in [5, 5.41) is 0.103. The first-order valence-electron chi connectivity index (χ1n) is 12.3. The summed E-state index contributed by atoms with van der Waals surface area (Å²) in [7, 11) is 1.50. The van der Waals surface area contributed by atoms with E-state index in [2.05, 4.69) is 33.8 Å². The van der Waals surface area contributed by atoms with Gasteiger partial charge >= 0.3 is 5.97 Å². The lowest BCUT2D eigenvalue weighted by atomic mass is 9.33. The van der Waals surface area contributed by atoms with Crippen molar-refractivity contribution >= 4 is 29.1 Å². The van der Waals surface area contributed by atoms with Crippen molar-refractivity contribution in [1.29, 1.82) is 0 Å². The molecule has 5 heteroatoms. The van der Waals surface area contributed by atoms with Gasteiger partial charge in [0.2, 0.25) is 0 Å². The summed E-state index contributed by atoms with van der Waals surface area (Å²) in [5.41, 5.74) is 0.440. The molecule has 0 unspecified atom stereocenters. The Bertz CT molecular complexity index is 963. The van der Waals surface area contributed by atoms with Crippen LogP contribution in [0, 0.1) is 51.8 Å². The molecule has 3 saturated carbocycles. The quantitative estimate of drug-likeness (QED) is 0.405. The maximum absolute atomic E-state index is 13.5. The topological polar surface area (TPSA) is 60.4 Å². The van der Waals surface area contributed by atoms with Crippen LogP contribution < -0.4 is 0 Å². The van der Waals surface area contributed by atoms with Gasteiger partial charge in [-0.05, 0) is 68.1 Å². The third-order valence-electron chi connectivity index (χ3n) is 10.4. The molecule has 174 valence electrons. The van der Waals surface area contributed by atoms with Crippen LogP contribution in [0.2, 0.25) is 0 Å². The first-order valence-corrected chi connectivity index (χ1v) is 12.7. The zero-order valence-corrected chi connectivity index (χ0v) is 20.6. The Morgan fingerprint density at radius 2 is 1.88 bits per heavy atom. The molecule has 1 spiro atoms. The normalized spacial score (nSPS) is 47.3. The van der Waals surface area contributed by atoms with Crippen molar-refractivity contribution in [2.75, 3.05) is 7.11 Å². The van der Waals surface area contributed by atoms with Crippen molar-refractivity contribution in [2.45, 2.75) is 66.2 Å². The fourth-order valence-corrected chi connectivity index (χ4v) is 9.52. The molecular weight excluding hydrogens is 424 g/mol. The molecule has 4 nitrogen and oxygen atoms in total. The van der Waals surface area contributed by atoms with Crippen LogP contribution in [-0.4, -0.2) is 24.6 Å². The van der Waals surface area contributed by atoms with Crippen LogP contribution in [-0.2, 0) is 19.1 Å². The molecular formula is C27H35ClO4. The van der Waals surface area contributed by atoms with Gasteiger partial charge in [-0.1, -0.05) is 50.4 Å². The third-order valence-corrected chi connectivity index (χ3v) is 10.7. The summed E-state index contributed by atoms with van der Waals surface area (Å²) in [4.78, 5) is 39.7. The molecule has 0 aromatic rings. The van der Waals surface area contributed by atoms with Crippen molar-refractivity contribution in [2.24, 2.45) is 51.8 Å². The second-order valence-corrected chi connectivity index (χ2v) is 12.3. The number of halogens is 1. The van der Waals surface area contributed by atoms with Crippen molar-refractivity contribution in [3.63, 3.8) is 0 Å². The number of hydrogen-bond donors (Lipinski definition) is 0. The number of ether oxygens (including phenoxy) is 1. The van der Waals surface area contributed by atoms with E-state index >= 15 is 0 Å². The van der Waals surface area contributed by atoms with E-state index in [9.17, 15) is 14.4 Å². The van der Waals surface area contributed by atoms with Crippen LogP contribution in [0.5, 0.6) is 0 Å². The summed E-state index contributed by atoms with van der Waals surface area (Å²) in [6.45, 7) is 8.85. The number of Topliss-reactive ketones (excluding diaryl/α,β-unsaturated/α-hetero) is 1. The molecule has 0 amide bonds. The number of ketones is 2. The molecule has 0 heterocycles. The molecule has 2 bridgehead atoms. The van der Waals surface area contributed by atoms with Gasteiger partial charge in [0.25, 0.3) is 0 Å². The van der Waals surface area contributed by atoms with E-state index in [-0.39, 0.29) is 63.0 Å². The highest BCUT2D eigenvalue weighted by Gasteiger charge is 2.71. The minimum atomic E-state index is -0.492. The second kappa shape index (κ2) is 7.04. The number of hydrogen-bond acceptors (Lipinski definition) is 4. The van der Waals surface area contributed by atoms with Gasteiger partial charge in [-0.3, -0.25) is 14.4 Å². The van der Waals surface area contributed by atoms with Crippen LogP contribution in [0.25, 0.3) is 0 Å². The molecule has 0 saturated heterocycles. The monoisotopic (exact) mass is 458 g/mol. The number of rotatable bonds is 2. The first kappa shape index (κ1) is 22.4. The number of carbonyl (C=O) groups is 3. The molecule has 3 fully saturated rings. The predicted molar refractivity (Wildman–Crippen MR) is 123 cm³/mol. The maximum atomic E-state index is 13.5. The average Bonchev–Trinajstić information content (AvgIpc) is 2.75. The standard InChI is InChI=1S/C27H35ClO4/c1-14(2)16-13-27-10-7-19-25(3,8-6-9-26(19,4)24(31)32-5)20(27)11-15(16)21-18(29)12-17(28)23(30)22(21)27/h12-15,19-22H,6-11H2,1-5H3/t15-,19+,20+,21+,22-,25-,26-,27-/m1/s1. The molecule has 6 aliphatic rings. The molecule has 0 N–H and O–H groups in total. The Morgan fingerprint density at radius 3 is 2.53 bits per heavy atom. The summed E-state index contributed by atoms with van der Waals surface area (Å²) in [6, 6.07) is 0. The minimum absolute atomic E-state index is 0.0315. The maximum Gasteiger partial charge on any atom is 0.311 e. The van der Waals surface area contributed by atoms with Gasteiger partial charge in [-0.2, -0.15) is 0 Å².